The van der Waals surface area contributed by atoms with Gasteiger partial charge >= 0.3 is 0 Å². The molecule has 3 aromatic heterocycles. The largest absolute Gasteiger partial charge is 0.342 e. The Bertz CT molecular complexity index is 1360. The number of hydrogen-bond donors (Lipinski definition) is 3. The predicted molar refractivity (Wildman–Crippen MR) is 124 cm³/mol. The maximum absolute atomic E-state index is 11.5. The van der Waals surface area contributed by atoms with E-state index in [0.29, 0.717) is 16.3 Å². The van der Waals surface area contributed by atoms with Crippen molar-refractivity contribution in [2.45, 2.75) is 35.2 Å². The molecule has 1 aromatic carbocycles. The molecule has 1 saturated heterocycles. The van der Waals surface area contributed by atoms with E-state index in [-0.39, 0.29) is 17.0 Å². The lowest BCUT2D eigenvalue weighted by Gasteiger charge is -2.42. The summed E-state index contributed by atoms with van der Waals surface area (Å²) in [5.41, 5.74) is 10.7. The first-order valence-corrected chi connectivity index (χ1v) is 11.6. The number of H-pyrrole nitrogens is 2. The van der Waals surface area contributed by atoms with Gasteiger partial charge in [-0.05, 0) is 41.9 Å². The molecule has 0 bridgehead atoms. The van der Waals surface area contributed by atoms with E-state index < -0.39 is 0 Å². The number of benzene rings is 1. The summed E-state index contributed by atoms with van der Waals surface area (Å²) in [7, 11) is 0. The van der Waals surface area contributed by atoms with Crippen LogP contribution in [0.5, 0.6) is 0 Å². The number of aromatic amines is 2. The molecule has 1 aliphatic carbocycles. The van der Waals surface area contributed by atoms with Crippen LogP contribution in [0.2, 0.25) is 0 Å². The molecule has 0 saturated carbocycles. The Hall–Kier alpha value is -3.17. The normalized spacial score (nSPS) is 19.5. The van der Waals surface area contributed by atoms with E-state index in [4.69, 9.17) is 10.7 Å². The van der Waals surface area contributed by atoms with Gasteiger partial charge in [0.15, 0.2) is 11.3 Å². The monoisotopic (exact) mass is 445 g/mol. The number of nitrogens with two attached hydrogens (primary N) is 1. The van der Waals surface area contributed by atoms with Gasteiger partial charge in [-0.25, -0.2) is 9.97 Å². The number of nitrogens with zero attached hydrogens (tertiary/aromatic N) is 4. The van der Waals surface area contributed by atoms with Crippen LogP contribution in [0.15, 0.2) is 63.5 Å². The Labute approximate surface area is 188 Å². The average molecular weight is 446 g/mol. The summed E-state index contributed by atoms with van der Waals surface area (Å²) in [6.07, 6.45) is 6.45. The van der Waals surface area contributed by atoms with Crippen LogP contribution in [0.3, 0.4) is 0 Å². The van der Waals surface area contributed by atoms with Crippen molar-refractivity contribution in [2.75, 3.05) is 18.0 Å². The van der Waals surface area contributed by atoms with Crippen molar-refractivity contribution in [3.8, 4) is 0 Å². The SMILES string of the molecule is N[C@@H]1c2ccccc2CC12CCN(c1nc3nc(Sc4cc[nH]c(=O)c4)cnc3[nH]1)CC2. The minimum atomic E-state index is -0.140. The topological polar surface area (TPSA) is 117 Å². The summed E-state index contributed by atoms with van der Waals surface area (Å²) in [5, 5.41) is 0.702. The van der Waals surface area contributed by atoms with Gasteiger partial charge in [-0.15, -0.1) is 0 Å². The molecule has 1 fully saturated rings. The van der Waals surface area contributed by atoms with Gasteiger partial charge in [0.25, 0.3) is 0 Å². The summed E-state index contributed by atoms with van der Waals surface area (Å²) in [4.78, 5) is 34.4. The van der Waals surface area contributed by atoms with Crippen LogP contribution in [-0.2, 0) is 6.42 Å². The fourth-order valence-electron chi connectivity index (χ4n) is 5.04. The third-order valence-corrected chi connectivity index (χ3v) is 7.69. The van der Waals surface area contributed by atoms with Gasteiger partial charge in [0, 0.05) is 36.3 Å². The summed E-state index contributed by atoms with van der Waals surface area (Å²) in [6.45, 7) is 1.80. The first kappa shape index (κ1) is 19.5. The van der Waals surface area contributed by atoms with Crippen LogP contribution in [0, 0.1) is 5.41 Å². The van der Waals surface area contributed by atoms with Gasteiger partial charge in [-0.1, -0.05) is 36.0 Å². The second-order valence-electron chi connectivity index (χ2n) is 8.63. The lowest BCUT2D eigenvalue weighted by molar-refractivity contribution is 0.187. The highest BCUT2D eigenvalue weighted by molar-refractivity contribution is 7.99. The quantitative estimate of drug-likeness (QED) is 0.444. The highest BCUT2D eigenvalue weighted by atomic mass is 32.2. The standard InChI is InChI=1S/C23H23N7OS/c24-19-16-4-2-1-3-14(16)12-23(19)6-9-30(10-7-23)22-28-20-21(29-22)27-18(13-26-20)32-15-5-8-25-17(31)11-15/h1-5,8,11,13,19H,6-7,9-10,12,24H2,(H,25,31)(H,26,27,28,29)/t19-/m1/s1. The Morgan fingerprint density at radius 3 is 2.81 bits per heavy atom. The Morgan fingerprint density at radius 2 is 2.00 bits per heavy atom. The van der Waals surface area contributed by atoms with Gasteiger partial charge in [-0.3, -0.25) is 4.79 Å². The van der Waals surface area contributed by atoms with E-state index in [0.717, 1.165) is 43.2 Å². The molecule has 0 unspecified atom stereocenters. The lowest BCUT2D eigenvalue weighted by atomic mass is 9.73. The second-order valence-corrected chi connectivity index (χ2v) is 9.73. The molecule has 4 aromatic rings. The molecule has 6 rings (SSSR count). The first-order chi connectivity index (χ1) is 15.6. The molecule has 1 spiro atoms. The molecule has 8 nitrogen and oxygen atoms in total. The van der Waals surface area contributed by atoms with Crippen LogP contribution in [0.1, 0.15) is 30.0 Å². The van der Waals surface area contributed by atoms with Crippen LogP contribution < -0.4 is 16.2 Å². The van der Waals surface area contributed by atoms with Crippen molar-refractivity contribution in [3.05, 3.63) is 70.3 Å². The molecular weight excluding hydrogens is 422 g/mol. The lowest BCUT2D eigenvalue weighted by Crippen LogP contribution is -2.44. The third kappa shape index (κ3) is 3.28. The molecule has 2 aliphatic rings. The van der Waals surface area contributed by atoms with Gasteiger partial charge in [0.2, 0.25) is 11.5 Å². The minimum Gasteiger partial charge on any atom is -0.342 e. The molecule has 9 heteroatoms. The second kappa shape index (κ2) is 7.46. The average Bonchev–Trinajstić information content (AvgIpc) is 3.34. The van der Waals surface area contributed by atoms with Crippen molar-refractivity contribution in [3.63, 3.8) is 0 Å². The number of anilines is 1. The van der Waals surface area contributed by atoms with Crippen LogP contribution in [-0.4, -0.2) is 38.0 Å². The number of pyridine rings is 1. The van der Waals surface area contributed by atoms with E-state index in [1.165, 1.54) is 22.9 Å². The summed E-state index contributed by atoms with van der Waals surface area (Å²) < 4.78 is 0. The zero-order valence-electron chi connectivity index (χ0n) is 17.4. The fraction of sp³-hybridized carbons (Fsp3) is 0.304. The van der Waals surface area contributed by atoms with E-state index in [1.54, 1.807) is 18.5 Å². The molecule has 1 aliphatic heterocycles. The predicted octanol–water partition coefficient (Wildman–Crippen LogP) is 3.04. The van der Waals surface area contributed by atoms with Crippen molar-refractivity contribution < 1.29 is 0 Å². The number of rotatable bonds is 3. The number of aromatic nitrogens is 5. The van der Waals surface area contributed by atoms with Gasteiger partial charge < -0.3 is 20.6 Å². The number of imidazole rings is 1. The number of nitrogens with one attached hydrogen (secondary N) is 2. The molecule has 0 radical (unpaired) electrons. The van der Waals surface area contributed by atoms with Crippen LogP contribution in [0.25, 0.3) is 11.3 Å². The molecule has 4 N–H and O–H groups in total. The Morgan fingerprint density at radius 1 is 1.16 bits per heavy atom. The molecule has 4 heterocycles. The van der Waals surface area contributed by atoms with E-state index in [9.17, 15) is 4.79 Å². The number of hydrogen-bond acceptors (Lipinski definition) is 7. The van der Waals surface area contributed by atoms with Gasteiger partial charge in [0.1, 0.15) is 5.03 Å². The summed E-state index contributed by atoms with van der Waals surface area (Å²) in [6, 6.07) is 12.1. The molecule has 162 valence electrons. The molecule has 0 amide bonds. The maximum Gasteiger partial charge on any atom is 0.249 e. The highest BCUT2D eigenvalue weighted by Crippen LogP contribution is 2.50. The van der Waals surface area contributed by atoms with Crippen LogP contribution >= 0.6 is 11.8 Å². The fourth-order valence-corrected chi connectivity index (χ4v) is 5.82. The maximum atomic E-state index is 11.5. The smallest absolute Gasteiger partial charge is 0.249 e. The Balaban J connectivity index is 1.19. The number of piperidine rings is 1. The van der Waals surface area contributed by atoms with Crippen molar-refractivity contribution in [1.82, 2.24) is 24.9 Å². The van der Waals surface area contributed by atoms with E-state index >= 15 is 0 Å². The Kier molecular flexibility index (Phi) is 4.55. The van der Waals surface area contributed by atoms with Crippen LogP contribution in [0.4, 0.5) is 5.95 Å². The summed E-state index contributed by atoms with van der Waals surface area (Å²) in [5.74, 6) is 0.803. The van der Waals surface area contributed by atoms with Crippen molar-refractivity contribution >= 4 is 29.0 Å². The van der Waals surface area contributed by atoms with Crippen molar-refractivity contribution in [2.24, 2.45) is 11.1 Å². The van der Waals surface area contributed by atoms with E-state index in [2.05, 4.69) is 49.1 Å². The minimum absolute atomic E-state index is 0.102. The molecular formula is C23H23N7OS. The number of fused-ring (bicyclic) bond motifs is 2. The highest BCUT2D eigenvalue weighted by Gasteiger charge is 2.46. The summed E-state index contributed by atoms with van der Waals surface area (Å²) >= 11 is 1.39. The first-order valence-electron chi connectivity index (χ1n) is 10.8. The molecule has 1 atom stereocenters. The third-order valence-electron chi connectivity index (χ3n) is 6.79. The van der Waals surface area contributed by atoms with Crippen molar-refractivity contribution in [1.29, 1.82) is 0 Å². The van der Waals surface area contributed by atoms with Gasteiger partial charge in [0.05, 0.1) is 6.20 Å². The molecule has 32 heavy (non-hydrogen) atoms. The van der Waals surface area contributed by atoms with E-state index in [1.807, 2.05) is 6.07 Å². The van der Waals surface area contributed by atoms with Gasteiger partial charge in [-0.2, -0.15) is 4.98 Å². The zero-order chi connectivity index (χ0) is 21.7. The zero-order valence-corrected chi connectivity index (χ0v) is 18.2.